The van der Waals surface area contributed by atoms with Crippen LogP contribution in [0.3, 0.4) is 0 Å². The zero-order valence-corrected chi connectivity index (χ0v) is 24.0. The second kappa shape index (κ2) is 12.5. The normalized spacial score (nSPS) is 14.5. The van der Waals surface area contributed by atoms with Crippen molar-refractivity contribution >= 4 is 46.5 Å². The van der Waals surface area contributed by atoms with Crippen LogP contribution in [-0.4, -0.2) is 66.8 Å². The van der Waals surface area contributed by atoms with Gasteiger partial charge in [0.05, 0.1) is 11.4 Å². The number of hydrogen-bond acceptors (Lipinski definition) is 7. The van der Waals surface area contributed by atoms with Gasteiger partial charge in [0.2, 0.25) is 5.91 Å². The van der Waals surface area contributed by atoms with E-state index in [0.29, 0.717) is 13.1 Å². The van der Waals surface area contributed by atoms with E-state index in [2.05, 4.69) is 28.4 Å². The van der Waals surface area contributed by atoms with Gasteiger partial charge in [0.15, 0.2) is 0 Å². The molecule has 1 aromatic carbocycles. The Morgan fingerprint density at radius 3 is 2.11 bits per heavy atom. The zero-order chi connectivity index (χ0) is 27.9. The number of rotatable bonds is 7. The number of esters is 1. The van der Waals surface area contributed by atoms with E-state index in [0.717, 1.165) is 29.1 Å². The fraction of sp³-hybridized carbons (Fsp3) is 0.483. The summed E-state index contributed by atoms with van der Waals surface area (Å²) >= 11 is 1.71. The third-order valence-electron chi connectivity index (χ3n) is 5.49. The lowest BCUT2D eigenvalue weighted by atomic mass is 10.1. The number of carbonyl (C=O) groups excluding carboxylic acids is 3. The molecule has 2 heterocycles. The predicted molar refractivity (Wildman–Crippen MR) is 152 cm³/mol. The monoisotopic (exact) mass is 541 g/mol. The highest BCUT2D eigenvalue weighted by Crippen LogP contribution is 2.28. The Morgan fingerprint density at radius 1 is 0.868 bits per heavy atom. The minimum absolute atomic E-state index is 0.140. The molecule has 1 aromatic heterocycles. The van der Waals surface area contributed by atoms with Crippen LogP contribution in [0.2, 0.25) is 0 Å². The van der Waals surface area contributed by atoms with Crippen LogP contribution in [0.25, 0.3) is 12.2 Å². The first kappa shape index (κ1) is 29.2. The van der Waals surface area contributed by atoms with Gasteiger partial charge in [-0.15, -0.1) is 11.3 Å². The molecule has 0 unspecified atom stereocenters. The van der Waals surface area contributed by atoms with Gasteiger partial charge < -0.3 is 24.6 Å². The molecule has 0 bridgehead atoms. The van der Waals surface area contributed by atoms with Crippen molar-refractivity contribution in [1.29, 1.82) is 0 Å². The molecule has 8 nitrogen and oxygen atoms in total. The second-order valence-corrected chi connectivity index (χ2v) is 12.3. The van der Waals surface area contributed by atoms with Crippen LogP contribution in [0.15, 0.2) is 36.4 Å². The number of amides is 2. The summed E-state index contributed by atoms with van der Waals surface area (Å²) in [5, 5.41) is 3.79. The van der Waals surface area contributed by atoms with Crippen LogP contribution in [-0.2, 0) is 25.5 Å². The molecule has 2 aromatic rings. The highest BCUT2D eigenvalue weighted by atomic mass is 32.1. The molecule has 3 rings (SSSR count). The Morgan fingerprint density at radius 2 is 1.50 bits per heavy atom. The number of hydrogen-bond donors (Lipinski definition) is 1. The van der Waals surface area contributed by atoms with Gasteiger partial charge in [0.25, 0.3) is 0 Å². The van der Waals surface area contributed by atoms with Gasteiger partial charge >= 0.3 is 12.1 Å². The maximum absolute atomic E-state index is 12.3. The Labute approximate surface area is 229 Å². The molecular weight excluding hydrogens is 502 g/mol. The van der Waals surface area contributed by atoms with Gasteiger partial charge in [-0.1, -0.05) is 30.3 Å². The Kier molecular flexibility index (Phi) is 9.60. The van der Waals surface area contributed by atoms with Crippen LogP contribution in [0.4, 0.5) is 9.80 Å². The standard InChI is InChI=1S/C29H39N3O5S/c1-28(2,3)36-26(34)20-30-24(33)19-22-9-7-21(8-10-22)11-12-23-13-14-25(38-23)31-15-17-32(18-16-31)27(35)37-29(4,5)6/h7-14H,15-20H2,1-6H3,(H,30,33). The molecule has 1 aliphatic heterocycles. The maximum atomic E-state index is 12.3. The molecule has 2 amide bonds. The summed E-state index contributed by atoms with van der Waals surface area (Å²) in [7, 11) is 0. The van der Waals surface area contributed by atoms with Gasteiger partial charge in [-0.25, -0.2) is 4.79 Å². The summed E-state index contributed by atoms with van der Waals surface area (Å²) in [5.41, 5.74) is 0.840. The maximum Gasteiger partial charge on any atom is 0.410 e. The molecule has 1 saturated heterocycles. The number of nitrogens with zero attached hydrogens (tertiary/aromatic N) is 2. The smallest absolute Gasteiger partial charge is 0.410 e. The van der Waals surface area contributed by atoms with Gasteiger partial charge in [0, 0.05) is 31.1 Å². The third kappa shape index (κ3) is 9.85. The summed E-state index contributed by atoms with van der Waals surface area (Å²) in [6.07, 6.45) is 4.07. The van der Waals surface area contributed by atoms with E-state index in [1.807, 2.05) is 51.1 Å². The molecule has 0 aliphatic carbocycles. The predicted octanol–water partition coefficient (Wildman–Crippen LogP) is 4.98. The van der Waals surface area contributed by atoms with Crippen molar-refractivity contribution in [2.75, 3.05) is 37.6 Å². The minimum Gasteiger partial charge on any atom is -0.459 e. The summed E-state index contributed by atoms with van der Waals surface area (Å²) < 4.78 is 10.7. The molecule has 206 valence electrons. The van der Waals surface area contributed by atoms with E-state index < -0.39 is 17.2 Å². The van der Waals surface area contributed by atoms with E-state index in [4.69, 9.17) is 9.47 Å². The van der Waals surface area contributed by atoms with E-state index in [9.17, 15) is 14.4 Å². The van der Waals surface area contributed by atoms with E-state index in [1.165, 1.54) is 5.00 Å². The van der Waals surface area contributed by atoms with Crippen molar-refractivity contribution in [1.82, 2.24) is 10.2 Å². The van der Waals surface area contributed by atoms with Crippen molar-refractivity contribution in [3.63, 3.8) is 0 Å². The van der Waals surface area contributed by atoms with Crippen molar-refractivity contribution in [3.8, 4) is 0 Å². The quantitative estimate of drug-likeness (QED) is 0.498. The molecule has 1 aliphatic rings. The van der Waals surface area contributed by atoms with Gasteiger partial charge in [0.1, 0.15) is 17.7 Å². The molecule has 9 heteroatoms. The lowest BCUT2D eigenvalue weighted by Crippen LogP contribution is -2.49. The molecule has 1 N–H and O–H groups in total. The van der Waals surface area contributed by atoms with Crippen LogP contribution in [0.1, 0.15) is 57.5 Å². The average Bonchev–Trinajstić information content (AvgIpc) is 3.29. The van der Waals surface area contributed by atoms with E-state index >= 15 is 0 Å². The van der Waals surface area contributed by atoms with Crippen LogP contribution in [0, 0.1) is 0 Å². The number of piperazine rings is 1. The second-order valence-electron chi connectivity index (χ2n) is 11.2. The van der Waals surface area contributed by atoms with Crippen LogP contribution >= 0.6 is 11.3 Å². The number of thiophene rings is 1. The minimum atomic E-state index is -0.575. The zero-order valence-electron chi connectivity index (χ0n) is 23.2. The molecule has 0 atom stereocenters. The van der Waals surface area contributed by atoms with Crippen molar-refractivity contribution < 1.29 is 23.9 Å². The number of ether oxygens (including phenoxy) is 2. The Hall–Kier alpha value is -3.33. The SMILES string of the molecule is CC(C)(C)OC(=O)CNC(=O)Cc1ccc(C=Cc2ccc(N3CCN(C(=O)OC(C)(C)C)CC3)s2)cc1. The van der Waals surface area contributed by atoms with Crippen LogP contribution < -0.4 is 10.2 Å². The number of anilines is 1. The van der Waals surface area contributed by atoms with Crippen molar-refractivity contribution in [3.05, 3.63) is 52.4 Å². The summed E-state index contributed by atoms with van der Waals surface area (Å²) in [4.78, 5) is 41.4. The molecule has 0 saturated carbocycles. The number of benzene rings is 1. The lowest BCUT2D eigenvalue weighted by Gasteiger charge is -2.36. The fourth-order valence-corrected chi connectivity index (χ4v) is 4.72. The first-order chi connectivity index (χ1) is 17.8. The van der Waals surface area contributed by atoms with Crippen molar-refractivity contribution in [2.45, 2.75) is 59.2 Å². The van der Waals surface area contributed by atoms with Gasteiger partial charge in [-0.05, 0) is 70.9 Å². The average molecular weight is 542 g/mol. The summed E-state index contributed by atoms with van der Waals surface area (Å²) in [6.45, 7) is 13.7. The van der Waals surface area contributed by atoms with E-state index in [-0.39, 0.29) is 25.0 Å². The highest BCUT2D eigenvalue weighted by molar-refractivity contribution is 7.17. The highest BCUT2D eigenvalue weighted by Gasteiger charge is 2.26. The lowest BCUT2D eigenvalue weighted by molar-refractivity contribution is -0.154. The molecule has 0 radical (unpaired) electrons. The van der Waals surface area contributed by atoms with Gasteiger partial charge in [-0.3, -0.25) is 9.59 Å². The summed E-state index contributed by atoms with van der Waals surface area (Å²) in [6, 6.07) is 12.0. The largest absolute Gasteiger partial charge is 0.459 e. The Bertz CT molecular complexity index is 1130. The Balaban J connectivity index is 1.45. The molecule has 38 heavy (non-hydrogen) atoms. The first-order valence-corrected chi connectivity index (χ1v) is 13.7. The fourth-order valence-electron chi connectivity index (χ4n) is 3.76. The first-order valence-electron chi connectivity index (χ1n) is 12.9. The van der Waals surface area contributed by atoms with Crippen molar-refractivity contribution in [2.24, 2.45) is 0 Å². The van der Waals surface area contributed by atoms with E-state index in [1.54, 1.807) is 37.0 Å². The molecule has 0 spiro atoms. The van der Waals surface area contributed by atoms with Crippen LogP contribution in [0.5, 0.6) is 0 Å². The molecule has 1 fully saturated rings. The third-order valence-corrected chi connectivity index (χ3v) is 6.60. The number of carbonyl (C=O) groups is 3. The van der Waals surface area contributed by atoms with Gasteiger partial charge in [-0.2, -0.15) is 0 Å². The topological polar surface area (TPSA) is 88.2 Å². The number of nitrogens with one attached hydrogen (secondary N) is 1. The molecular formula is C29H39N3O5S. The summed E-state index contributed by atoms with van der Waals surface area (Å²) in [5.74, 6) is -0.677.